The summed E-state index contributed by atoms with van der Waals surface area (Å²) in [5, 5.41) is 10.9. The highest BCUT2D eigenvalue weighted by Crippen LogP contribution is 2.14. The van der Waals surface area contributed by atoms with Gasteiger partial charge in [0, 0.05) is 13.2 Å². The number of nitrogens with two attached hydrogens (primary N) is 1. The molecule has 17 heavy (non-hydrogen) atoms. The van der Waals surface area contributed by atoms with Crippen LogP contribution in [-0.4, -0.2) is 33.9 Å². The van der Waals surface area contributed by atoms with Gasteiger partial charge in [-0.1, -0.05) is 12.2 Å². The van der Waals surface area contributed by atoms with Crippen LogP contribution >= 0.6 is 12.2 Å². The average molecular weight is 254 g/mol. The normalized spacial score (nSPS) is 11.2. The van der Waals surface area contributed by atoms with Crippen LogP contribution < -0.4 is 11.1 Å². The summed E-state index contributed by atoms with van der Waals surface area (Å²) in [6.07, 6.45) is 1.56. The van der Waals surface area contributed by atoms with Crippen molar-refractivity contribution in [3.05, 3.63) is 17.8 Å². The minimum Gasteiger partial charge on any atom is -0.389 e. The second-order valence-corrected chi connectivity index (χ2v) is 4.64. The summed E-state index contributed by atoms with van der Waals surface area (Å²) in [5.74, 6) is 0.591. The van der Waals surface area contributed by atoms with Crippen LogP contribution in [0.5, 0.6) is 0 Å². The van der Waals surface area contributed by atoms with E-state index in [0.717, 1.165) is 0 Å². The zero-order chi connectivity index (χ0) is 12.9. The number of nitrogens with one attached hydrogen (secondary N) is 1. The predicted molar refractivity (Wildman–Crippen MR) is 72.1 cm³/mol. The average Bonchev–Trinajstić information content (AvgIpc) is 2.27. The second-order valence-electron chi connectivity index (χ2n) is 4.20. The maximum absolute atomic E-state index is 5.60. The van der Waals surface area contributed by atoms with Gasteiger partial charge in [0.25, 0.3) is 0 Å². The lowest BCUT2D eigenvalue weighted by atomic mass is 10.1. The molecule has 0 aliphatic rings. The van der Waals surface area contributed by atoms with E-state index in [-0.39, 0.29) is 5.60 Å². The molecule has 1 rings (SSSR count). The Bertz CT molecular complexity index is 395. The fraction of sp³-hybridized carbons (Fsp3) is 0.545. The Morgan fingerprint density at radius 2 is 2.29 bits per heavy atom. The maximum atomic E-state index is 5.60. The Balaban J connectivity index is 2.72. The summed E-state index contributed by atoms with van der Waals surface area (Å²) in [6.45, 7) is 7.23. The topological polar surface area (TPSA) is 73.1 Å². The summed E-state index contributed by atoms with van der Waals surface area (Å²) < 4.78 is 5.58. The third kappa shape index (κ3) is 4.24. The largest absolute Gasteiger partial charge is 0.389 e. The maximum Gasteiger partial charge on any atom is 0.159 e. The lowest BCUT2D eigenvalue weighted by molar-refractivity contribution is 0.000632. The summed E-state index contributed by atoms with van der Waals surface area (Å²) in [4.78, 5) is 0.302. The van der Waals surface area contributed by atoms with E-state index in [4.69, 9.17) is 22.7 Å². The number of ether oxygens (including phenoxy) is 1. The molecule has 0 unspecified atom stereocenters. The van der Waals surface area contributed by atoms with Crippen LogP contribution in [0.3, 0.4) is 0 Å². The van der Waals surface area contributed by atoms with Crippen LogP contribution in [-0.2, 0) is 4.74 Å². The van der Waals surface area contributed by atoms with Crippen molar-refractivity contribution in [1.29, 1.82) is 0 Å². The van der Waals surface area contributed by atoms with Crippen molar-refractivity contribution >= 4 is 23.0 Å². The Labute approximate surface area is 107 Å². The molecule has 0 radical (unpaired) electrons. The van der Waals surface area contributed by atoms with Crippen LogP contribution in [0.1, 0.15) is 26.3 Å². The molecule has 1 aromatic heterocycles. The summed E-state index contributed by atoms with van der Waals surface area (Å²) in [7, 11) is 0. The number of rotatable bonds is 6. The van der Waals surface area contributed by atoms with E-state index < -0.39 is 0 Å². The number of anilines is 1. The van der Waals surface area contributed by atoms with Gasteiger partial charge in [0.2, 0.25) is 0 Å². The van der Waals surface area contributed by atoms with Gasteiger partial charge in [-0.3, -0.25) is 0 Å². The molecule has 0 atom stereocenters. The molecule has 0 spiro atoms. The fourth-order valence-electron chi connectivity index (χ4n) is 1.40. The SMILES string of the molecule is CCOC(C)(C)CNc1nnccc1C(N)=S. The number of nitrogens with zero attached hydrogens (tertiary/aromatic N) is 2. The number of hydrogen-bond acceptors (Lipinski definition) is 5. The highest BCUT2D eigenvalue weighted by Gasteiger charge is 2.18. The van der Waals surface area contributed by atoms with Gasteiger partial charge in [0.15, 0.2) is 5.82 Å². The van der Waals surface area contributed by atoms with Gasteiger partial charge in [-0.2, -0.15) is 5.10 Å². The minimum absolute atomic E-state index is 0.278. The molecule has 1 aromatic rings. The highest BCUT2D eigenvalue weighted by molar-refractivity contribution is 7.80. The van der Waals surface area contributed by atoms with Gasteiger partial charge in [-0.15, -0.1) is 5.10 Å². The van der Waals surface area contributed by atoms with Crippen molar-refractivity contribution in [1.82, 2.24) is 10.2 Å². The van der Waals surface area contributed by atoms with Crippen LogP contribution in [0.15, 0.2) is 12.3 Å². The molecule has 1 heterocycles. The summed E-state index contributed by atoms with van der Waals surface area (Å²) in [6, 6.07) is 1.74. The highest BCUT2D eigenvalue weighted by atomic mass is 32.1. The van der Waals surface area contributed by atoms with Crippen molar-refractivity contribution in [2.24, 2.45) is 5.73 Å². The van der Waals surface area contributed by atoms with E-state index in [2.05, 4.69) is 15.5 Å². The van der Waals surface area contributed by atoms with Crippen LogP contribution in [0.4, 0.5) is 5.82 Å². The van der Waals surface area contributed by atoms with Gasteiger partial charge in [-0.05, 0) is 26.8 Å². The van der Waals surface area contributed by atoms with Gasteiger partial charge in [0.05, 0.1) is 17.4 Å². The molecule has 94 valence electrons. The number of thiocarbonyl (C=S) groups is 1. The third-order valence-electron chi connectivity index (χ3n) is 2.20. The Kier molecular flexibility index (Phi) is 4.77. The first kappa shape index (κ1) is 13.8. The van der Waals surface area contributed by atoms with Crippen molar-refractivity contribution in [2.45, 2.75) is 26.4 Å². The van der Waals surface area contributed by atoms with E-state index in [1.165, 1.54) is 0 Å². The molecule has 0 amide bonds. The Hall–Kier alpha value is -1.27. The van der Waals surface area contributed by atoms with Gasteiger partial charge < -0.3 is 15.8 Å². The smallest absolute Gasteiger partial charge is 0.159 e. The zero-order valence-corrected chi connectivity index (χ0v) is 11.2. The van der Waals surface area contributed by atoms with E-state index in [9.17, 15) is 0 Å². The van der Waals surface area contributed by atoms with E-state index in [0.29, 0.717) is 29.5 Å². The predicted octanol–water partition coefficient (Wildman–Crippen LogP) is 1.34. The third-order valence-corrected chi connectivity index (χ3v) is 2.42. The standard InChI is InChI=1S/C11H18N4OS/c1-4-16-11(2,3)7-13-10-8(9(12)17)5-6-14-15-10/h5-6H,4,7H2,1-3H3,(H2,12,17)(H,13,15). The summed E-state index contributed by atoms with van der Waals surface area (Å²) in [5.41, 5.74) is 6.02. The lowest BCUT2D eigenvalue weighted by Crippen LogP contribution is -2.34. The molecule has 0 saturated carbocycles. The molecule has 0 bridgehead atoms. The second kappa shape index (κ2) is 5.88. The number of hydrogen-bond donors (Lipinski definition) is 2. The molecule has 6 heteroatoms. The molecule has 3 N–H and O–H groups in total. The zero-order valence-electron chi connectivity index (χ0n) is 10.4. The Morgan fingerprint density at radius 3 is 2.88 bits per heavy atom. The molecule has 0 fully saturated rings. The molecule has 0 aromatic carbocycles. The minimum atomic E-state index is -0.278. The molecular formula is C11H18N4OS. The van der Waals surface area contributed by atoms with E-state index >= 15 is 0 Å². The van der Waals surface area contributed by atoms with Gasteiger partial charge in [-0.25, -0.2) is 0 Å². The molecule has 0 saturated heterocycles. The van der Waals surface area contributed by atoms with E-state index in [1.54, 1.807) is 12.3 Å². The first-order valence-corrected chi connectivity index (χ1v) is 5.86. The quantitative estimate of drug-likeness (QED) is 0.746. The molecule has 0 aliphatic carbocycles. The van der Waals surface area contributed by atoms with Gasteiger partial charge >= 0.3 is 0 Å². The first-order valence-electron chi connectivity index (χ1n) is 5.45. The monoisotopic (exact) mass is 254 g/mol. The van der Waals surface area contributed by atoms with Crippen molar-refractivity contribution in [2.75, 3.05) is 18.5 Å². The van der Waals surface area contributed by atoms with Crippen LogP contribution in [0.2, 0.25) is 0 Å². The molecular weight excluding hydrogens is 236 g/mol. The van der Waals surface area contributed by atoms with Crippen LogP contribution in [0.25, 0.3) is 0 Å². The Morgan fingerprint density at radius 1 is 1.59 bits per heavy atom. The fourth-order valence-corrected chi connectivity index (χ4v) is 1.56. The molecule has 5 nitrogen and oxygen atoms in total. The number of aromatic nitrogens is 2. The van der Waals surface area contributed by atoms with Crippen molar-refractivity contribution < 1.29 is 4.74 Å². The van der Waals surface area contributed by atoms with E-state index in [1.807, 2.05) is 20.8 Å². The summed E-state index contributed by atoms with van der Waals surface area (Å²) >= 11 is 4.95. The van der Waals surface area contributed by atoms with Crippen molar-refractivity contribution in [3.8, 4) is 0 Å². The first-order chi connectivity index (χ1) is 7.96. The van der Waals surface area contributed by atoms with Crippen molar-refractivity contribution in [3.63, 3.8) is 0 Å². The van der Waals surface area contributed by atoms with Gasteiger partial charge in [0.1, 0.15) is 4.99 Å². The lowest BCUT2D eigenvalue weighted by Gasteiger charge is -2.25. The molecule has 0 aliphatic heterocycles. The van der Waals surface area contributed by atoms with Crippen LogP contribution in [0, 0.1) is 0 Å².